The smallest absolute Gasteiger partial charge is 0.342 e. The molecule has 1 aromatic rings. The van der Waals surface area contributed by atoms with Gasteiger partial charge in [-0.3, -0.25) is 9.45 Å². The van der Waals surface area contributed by atoms with Crippen LogP contribution in [0, 0.1) is 23.0 Å². The summed E-state index contributed by atoms with van der Waals surface area (Å²) in [6, 6.07) is 0. The van der Waals surface area contributed by atoms with E-state index in [9.17, 15) is 23.1 Å². The number of rotatable bonds is 6. The van der Waals surface area contributed by atoms with Crippen molar-refractivity contribution in [1.29, 1.82) is 0 Å². The number of nitro groups is 1. The van der Waals surface area contributed by atoms with Gasteiger partial charge >= 0.3 is 5.82 Å². The van der Waals surface area contributed by atoms with Gasteiger partial charge in [0.1, 0.15) is 11.6 Å². The lowest BCUT2D eigenvalue weighted by atomic mass is 10.1. The van der Waals surface area contributed by atoms with Crippen molar-refractivity contribution in [1.82, 2.24) is 14.5 Å². The normalized spacial score (nSPS) is 15.3. The van der Waals surface area contributed by atoms with Crippen LogP contribution in [0.15, 0.2) is 6.20 Å². The van der Waals surface area contributed by atoms with Crippen molar-refractivity contribution in [3.63, 3.8) is 0 Å². The topological polar surface area (TPSA) is 119 Å². The third-order valence-corrected chi connectivity index (χ3v) is 4.49. The van der Waals surface area contributed by atoms with Gasteiger partial charge in [-0.1, -0.05) is 6.92 Å². The van der Waals surface area contributed by atoms with Crippen LogP contribution in [-0.4, -0.2) is 51.8 Å². The molecule has 1 N–H and O–H groups in total. The lowest BCUT2D eigenvalue weighted by Gasteiger charge is -2.26. The van der Waals surface area contributed by atoms with Gasteiger partial charge in [0, 0.05) is 12.8 Å². The molecule has 0 amide bonds. The molecule has 0 radical (unpaired) electrons. The van der Waals surface area contributed by atoms with Gasteiger partial charge in [0.2, 0.25) is 0 Å². The van der Waals surface area contributed by atoms with Crippen LogP contribution in [0.3, 0.4) is 0 Å². The summed E-state index contributed by atoms with van der Waals surface area (Å²) < 4.78 is 33.4. The zero-order valence-electron chi connectivity index (χ0n) is 11.7. The van der Waals surface area contributed by atoms with E-state index in [0.29, 0.717) is 5.82 Å². The maximum absolute atomic E-state index is 11.4. The van der Waals surface area contributed by atoms with Gasteiger partial charge < -0.3 is 10.1 Å². The number of aryl methyl sites for hydroxylation is 1. The first-order valence-electron chi connectivity index (χ1n) is 5.85. The molecule has 2 atom stereocenters. The Morgan fingerprint density at radius 1 is 1.55 bits per heavy atom. The molecule has 0 saturated carbocycles. The fraction of sp³-hybridized carbons (Fsp3) is 0.700. The monoisotopic (exact) mass is 306 g/mol. The Bertz CT molecular complexity index is 595. The zero-order valence-corrected chi connectivity index (χ0v) is 12.5. The average molecular weight is 306 g/mol. The minimum absolute atomic E-state index is 0.0603. The van der Waals surface area contributed by atoms with Crippen molar-refractivity contribution >= 4 is 15.9 Å². The molecule has 10 heteroatoms. The molecule has 0 bridgehead atoms. The van der Waals surface area contributed by atoms with E-state index in [1.54, 1.807) is 13.8 Å². The molecule has 1 rings (SSSR count). The Morgan fingerprint density at radius 2 is 2.10 bits per heavy atom. The Morgan fingerprint density at radius 3 is 2.50 bits per heavy atom. The van der Waals surface area contributed by atoms with E-state index >= 15 is 0 Å². The van der Waals surface area contributed by atoms with Crippen LogP contribution in [0.5, 0.6) is 0 Å². The van der Waals surface area contributed by atoms with E-state index in [1.165, 1.54) is 23.6 Å². The Hall–Kier alpha value is -1.52. The number of nitrogens with zero attached hydrogens (tertiary/aromatic N) is 4. The molecular formula is C10H18N4O5S. The largest absolute Gasteiger partial charge is 0.358 e. The first kappa shape index (κ1) is 16.5. The molecule has 0 spiro atoms. The predicted molar refractivity (Wildman–Crippen MR) is 71.8 cm³/mol. The summed E-state index contributed by atoms with van der Waals surface area (Å²) in [5, 5.41) is 9.73. The minimum Gasteiger partial charge on any atom is -0.358 e. The molecule has 0 fully saturated rings. The summed E-state index contributed by atoms with van der Waals surface area (Å²) >= 11 is 0. The first-order valence-corrected chi connectivity index (χ1v) is 7.35. The molecule has 0 aliphatic rings. The molecule has 114 valence electrons. The van der Waals surface area contributed by atoms with Gasteiger partial charge in [0.05, 0.1) is 6.54 Å². The van der Waals surface area contributed by atoms with Crippen molar-refractivity contribution in [3.05, 3.63) is 22.1 Å². The molecule has 0 aliphatic heterocycles. The van der Waals surface area contributed by atoms with Gasteiger partial charge in [-0.2, -0.15) is 8.42 Å². The van der Waals surface area contributed by atoms with E-state index in [-0.39, 0.29) is 12.4 Å². The van der Waals surface area contributed by atoms with Crippen LogP contribution in [0.2, 0.25) is 0 Å². The highest BCUT2D eigenvalue weighted by molar-refractivity contribution is 7.86. The summed E-state index contributed by atoms with van der Waals surface area (Å²) in [5.41, 5.74) is 0. The van der Waals surface area contributed by atoms with Crippen molar-refractivity contribution < 1.29 is 17.9 Å². The summed E-state index contributed by atoms with van der Waals surface area (Å²) in [6.45, 7) is 3.25. The summed E-state index contributed by atoms with van der Waals surface area (Å²) in [5.74, 6) is -0.356. The Labute approximate surface area is 117 Å². The molecule has 9 nitrogen and oxygen atoms in total. The fourth-order valence-electron chi connectivity index (χ4n) is 2.27. The molecular weight excluding hydrogens is 288 g/mol. The van der Waals surface area contributed by atoms with Gasteiger partial charge in [0.25, 0.3) is 10.1 Å². The average Bonchev–Trinajstić information content (AvgIpc) is 2.57. The second-order valence-corrected chi connectivity index (χ2v) is 6.39. The molecule has 20 heavy (non-hydrogen) atoms. The molecule has 1 aromatic heterocycles. The highest BCUT2D eigenvalue weighted by Gasteiger charge is 2.34. The van der Waals surface area contributed by atoms with Crippen molar-refractivity contribution in [2.75, 3.05) is 14.1 Å². The van der Waals surface area contributed by atoms with E-state index in [1.807, 2.05) is 0 Å². The fourth-order valence-corrected chi connectivity index (χ4v) is 3.48. The zero-order chi connectivity index (χ0) is 15.7. The maximum Gasteiger partial charge on any atom is 0.342 e. The van der Waals surface area contributed by atoms with Crippen LogP contribution >= 0.6 is 0 Å². The van der Waals surface area contributed by atoms with Gasteiger partial charge in [-0.25, -0.2) is 9.55 Å². The van der Waals surface area contributed by atoms with Crippen molar-refractivity contribution in [2.45, 2.75) is 25.8 Å². The van der Waals surface area contributed by atoms with Crippen molar-refractivity contribution in [3.8, 4) is 0 Å². The van der Waals surface area contributed by atoms with Gasteiger partial charge in [0.15, 0.2) is 5.82 Å². The van der Waals surface area contributed by atoms with E-state index < -0.39 is 26.3 Å². The van der Waals surface area contributed by atoms with Crippen LogP contribution in [-0.2, 0) is 16.7 Å². The molecule has 0 aromatic carbocycles. The van der Waals surface area contributed by atoms with Crippen LogP contribution in [0.25, 0.3) is 0 Å². The highest BCUT2D eigenvalue weighted by atomic mass is 32.2. The van der Waals surface area contributed by atoms with Crippen LogP contribution in [0.1, 0.15) is 12.7 Å². The van der Waals surface area contributed by atoms with Gasteiger partial charge in [-0.15, -0.1) is 0 Å². The number of imidazole rings is 1. The third-order valence-electron chi connectivity index (χ3n) is 2.99. The SMILES string of the molecule is Cc1ncc([N+](=O)[O-])n1CC(C)C(N(C)C)S(=O)(=O)O. The summed E-state index contributed by atoms with van der Waals surface area (Å²) in [4.78, 5) is 15.5. The minimum atomic E-state index is -4.29. The maximum atomic E-state index is 11.4. The number of hydrogen-bond acceptors (Lipinski definition) is 6. The quantitative estimate of drug-likeness (QED) is 0.462. The second-order valence-electron chi connectivity index (χ2n) is 4.88. The molecule has 1 heterocycles. The lowest BCUT2D eigenvalue weighted by molar-refractivity contribution is -0.392. The predicted octanol–water partition coefficient (Wildman–Crippen LogP) is 0.511. The Kier molecular flexibility index (Phi) is 4.84. The summed E-state index contributed by atoms with van der Waals surface area (Å²) in [7, 11) is -1.25. The third kappa shape index (κ3) is 3.52. The molecule has 0 saturated heterocycles. The number of hydrogen-bond donors (Lipinski definition) is 1. The van der Waals surface area contributed by atoms with Gasteiger partial charge in [-0.05, 0) is 19.0 Å². The Balaban J connectivity index is 3.09. The van der Waals surface area contributed by atoms with E-state index in [2.05, 4.69) is 4.98 Å². The second kappa shape index (κ2) is 5.85. The van der Waals surface area contributed by atoms with Crippen LogP contribution < -0.4 is 0 Å². The number of aromatic nitrogens is 2. The lowest BCUT2D eigenvalue weighted by Crippen LogP contribution is -2.42. The highest BCUT2D eigenvalue weighted by Crippen LogP contribution is 2.21. The summed E-state index contributed by atoms with van der Waals surface area (Å²) in [6.07, 6.45) is 1.13. The van der Waals surface area contributed by atoms with Crippen LogP contribution in [0.4, 0.5) is 5.82 Å². The van der Waals surface area contributed by atoms with E-state index in [0.717, 1.165) is 6.20 Å². The van der Waals surface area contributed by atoms with E-state index in [4.69, 9.17) is 0 Å². The first-order chi connectivity index (χ1) is 9.05. The standard InChI is InChI=1S/C10H18N4O5S/c1-7(10(12(3)4)20(17,18)19)6-13-8(2)11-5-9(13)14(15)16/h5,7,10H,6H2,1-4H3,(H,17,18,19). The van der Waals surface area contributed by atoms with Crippen molar-refractivity contribution in [2.24, 2.45) is 5.92 Å². The molecule has 2 unspecified atom stereocenters. The molecule has 0 aliphatic carbocycles.